The van der Waals surface area contributed by atoms with Crippen molar-refractivity contribution in [2.45, 2.75) is 38.9 Å². The molecule has 0 atom stereocenters. The first-order chi connectivity index (χ1) is 8.31. The summed E-state index contributed by atoms with van der Waals surface area (Å²) in [4.78, 5) is 4.51. The summed E-state index contributed by atoms with van der Waals surface area (Å²) in [5.74, 6) is 0. The number of hydrogen-bond acceptors (Lipinski definition) is 3. The molecule has 1 N–H and O–H groups in total. The van der Waals surface area contributed by atoms with Crippen molar-refractivity contribution in [3.63, 3.8) is 0 Å². The van der Waals surface area contributed by atoms with Crippen LogP contribution in [-0.2, 0) is 13.1 Å². The minimum absolute atomic E-state index is 0.764. The third-order valence-electron chi connectivity index (χ3n) is 3.07. The molecule has 3 nitrogen and oxygen atoms in total. The van der Waals surface area contributed by atoms with Gasteiger partial charge in [0.2, 0.25) is 0 Å². The van der Waals surface area contributed by atoms with E-state index in [1.807, 2.05) is 0 Å². The van der Waals surface area contributed by atoms with Crippen LogP contribution in [0.25, 0.3) is 0 Å². The largest absolute Gasteiger partial charge is 0.344 e. The number of nitrogens with zero attached hydrogens (tertiary/aromatic N) is 2. The number of hydrogen-bond donors (Lipinski definition) is 1. The quantitative estimate of drug-likeness (QED) is 0.880. The predicted octanol–water partition coefficient (Wildman–Crippen LogP) is 2.55. The van der Waals surface area contributed by atoms with E-state index in [-0.39, 0.29) is 0 Å². The molecule has 0 unspecified atom stereocenters. The first-order valence-electron chi connectivity index (χ1n) is 6.09. The lowest BCUT2D eigenvalue weighted by atomic mass is 10.4. The van der Waals surface area contributed by atoms with Crippen LogP contribution in [0.1, 0.15) is 29.2 Å². The summed E-state index contributed by atoms with van der Waals surface area (Å²) in [7, 11) is 0. The zero-order valence-electron chi connectivity index (χ0n) is 10.0. The molecule has 0 bridgehead atoms. The molecule has 0 saturated heterocycles. The van der Waals surface area contributed by atoms with Crippen LogP contribution in [0.15, 0.2) is 23.7 Å². The van der Waals surface area contributed by atoms with Crippen molar-refractivity contribution in [2.75, 3.05) is 0 Å². The molecule has 0 spiro atoms. The molecule has 2 aromatic heterocycles. The molecule has 0 aliphatic heterocycles. The third kappa shape index (κ3) is 2.76. The normalized spacial score (nSPS) is 15.4. The van der Waals surface area contributed by atoms with Crippen LogP contribution >= 0.6 is 11.3 Å². The van der Waals surface area contributed by atoms with Gasteiger partial charge in [-0.05, 0) is 31.9 Å². The molecule has 0 amide bonds. The van der Waals surface area contributed by atoms with Gasteiger partial charge in [0.15, 0.2) is 0 Å². The second-order valence-corrected chi connectivity index (χ2v) is 5.70. The van der Waals surface area contributed by atoms with E-state index >= 15 is 0 Å². The van der Waals surface area contributed by atoms with Crippen LogP contribution in [0.3, 0.4) is 0 Å². The number of aromatic nitrogens is 2. The molecule has 17 heavy (non-hydrogen) atoms. The number of rotatable bonds is 5. The van der Waals surface area contributed by atoms with Crippen LogP contribution < -0.4 is 5.32 Å². The molecule has 3 rings (SSSR count). The second-order valence-electron chi connectivity index (χ2n) is 4.64. The van der Waals surface area contributed by atoms with E-state index in [0.29, 0.717) is 0 Å². The lowest BCUT2D eigenvalue weighted by Crippen LogP contribution is -2.18. The Kier molecular flexibility index (Phi) is 2.99. The molecule has 2 aromatic rings. The van der Waals surface area contributed by atoms with Gasteiger partial charge >= 0.3 is 0 Å². The Hall–Kier alpha value is -1.13. The van der Waals surface area contributed by atoms with Gasteiger partial charge in [-0.15, -0.1) is 11.3 Å². The van der Waals surface area contributed by atoms with Crippen molar-refractivity contribution in [1.82, 2.24) is 14.9 Å². The van der Waals surface area contributed by atoms with Crippen molar-refractivity contribution in [3.8, 4) is 0 Å². The molecule has 1 aliphatic carbocycles. The monoisotopic (exact) mass is 247 g/mol. The Morgan fingerprint density at radius 1 is 1.53 bits per heavy atom. The van der Waals surface area contributed by atoms with Crippen LogP contribution in [0.5, 0.6) is 0 Å². The van der Waals surface area contributed by atoms with Gasteiger partial charge < -0.3 is 9.88 Å². The zero-order chi connectivity index (χ0) is 11.7. The van der Waals surface area contributed by atoms with E-state index in [2.05, 4.69) is 45.5 Å². The van der Waals surface area contributed by atoms with Crippen LogP contribution in [0, 0.1) is 6.92 Å². The lowest BCUT2D eigenvalue weighted by Gasteiger charge is -2.08. The van der Waals surface area contributed by atoms with Gasteiger partial charge in [0.1, 0.15) is 0 Å². The average molecular weight is 247 g/mol. The summed E-state index contributed by atoms with van der Waals surface area (Å²) in [6.07, 6.45) is 4.82. The van der Waals surface area contributed by atoms with Gasteiger partial charge in [-0.2, -0.15) is 0 Å². The summed E-state index contributed by atoms with van der Waals surface area (Å²) >= 11 is 1.72. The van der Waals surface area contributed by atoms with E-state index < -0.39 is 0 Å². The topological polar surface area (TPSA) is 29.9 Å². The number of aryl methyl sites for hydroxylation is 1. The smallest absolute Gasteiger partial charge is 0.0898 e. The van der Waals surface area contributed by atoms with Crippen molar-refractivity contribution >= 4 is 11.3 Å². The fourth-order valence-electron chi connectivity index (χ4n) is 1.96. The van der Waals surface area contributed by atoms with Crippen molar-refractivity contribution < 1.29 is 0 Å². The van der Waals surface area contributed by atoms with Crippen LogP contribution in [0.2, 0.25) is 0 Å². The van der Waals surface area contributed by atoms with Crippen LogP contribution in [-0.4, -0.2) is 15.6 Å². The highest BCUT2D eigenvalue weighted by Gasteiger charge is 2.20. The Morgan fingerprint density at radius 3 is 3.12 bits per heavy atom. The second kappa shape index (κ2) is 4.63. The standard InChI is InChI=1S/C13H17N3S/c1-10-15-12(9-17-10)8-16-6-2-3-13(16)7-14-11-4-5-11/h2-3,6,9,11,14H,4-5,7-8H2,1H3. The minimum Gasteiger partial charge on any atom is -0.344 e. The molecule has 0 radical (unpaired) electrons. The molecule has 0 aromatic carbocycles. The van der Waals surface area contributed by atoms with Gasteiger partial charge in [-0.3, -0.25) is 0 Å². The Labute approximate surface area is 106 Å². The number of thiazole rings is 1. The van der Waals surface area contributed by atoms with Crippen molar-refractivity contribution in [3.05, 3.63) is 40.1 Å². The maximum absolute atomic E-state index is 4.51. The summed E-state index contributed by atoms with van der Waals surface area (Å²) < 4.78 is 2.28. The Bertz CT molecular complexity index is 496. The molecule has 1 saturated carbocycles. The fourth-order valence-corrected chi connectivity index (χ4v) is 2.56. The molecule has 90 valence electrons. The Balaban J connectivity index is 1.67. The van der Waals surface area contributed by atoms with Crippen LogP contribution in [0.4, 0.5) is 0 Å². The SMILES string of the molecule is Cc1nc(Cn2cccc2CNC2CC2)cs1. The molecule has 4 heteroatoms. The van der Waals surface area contributed by atoms with Gasteiger partial charge in [0.05, 0.1) is 17.2 Å². The first kappa shape index (κ1) is 11.0. The highest BCUT2D eigenvalue weighted by Crippen LogP contribution is 2.19. The van der Waals surface area contributed by atoms with E-state index in [4.69, 9.17) is 0 Å². The molecular weight excluding hydrogens is 230 g/mol. The zero-order valence-corrected chi connectivity index (χ0v) is 10.8. The number of nitrogens with one attached hydrogen (secondary N) is 1. The average Bonchev–Trinajstić information content (AvgIpc) is 2.90. The van der Waals surface area contributed by atoms with E-state index in [1.165, 1.54) is 18.5 Å². The molecule has 1 fully saturated rings. The Morgan fingerprint density at radius 2 is 2.41 bits per heavy atom. The van der Waals surface area contributed by atoms with Gasteiger partial charge in [-0.25, -0.2) is 4.98 Å². The van der Waals surface area contributed by atoms with Crippen molar-refractivity contribution in [1.29, 1.82) is 0 Å². The third-order valence-corrected chi connectivity index (χ3v) is 3.89. The predicted molar refractivity (Wildman–Crippen MR) is 70.2 cm³/mol. The summed E-state index contributed by atoms with van der Waals surface area (Å²) in [5, 5.41) is 6.84. The van der Waals surface area contributed by atoms with Gasteiger partial charge in [-0.1, -0.05) is 0 Å². The van der Waals surface area contributed by atoms with Crippen molar-refractivity contribution in [2.24, 2.45) is 0 Å². The van der Waals surface area contributed by atoms with E-state index in [1.54, 1.807) is 11.3 Å². The van der Waals surface area contributed by atoms with E-state index in [9.17, 15) is 0 Å². The maximum atomic E-state index is 4.51. The maximum Gasteiger partial charge on any atom is 0.0898 e. The summed E-state index contributed by atoms with van der Waals surface area (Å²) in [6.45, 7) is 3.92. The summed E-state index contributed by atoms with van der Waals surface area (Å²) in [6, 6.07) is 5.07. The highest BCUT2D eigenvalue weighted by molar-refractivity contribution is 7.09. The molecule has 1 aliphatic rings. The minimum atomic E-state index is 0.764. The van der Waals surface area contributed by atoms with E-state index in [0.717, 1.165) is 29.8 Å². The fraction of sp³-hybridized carbons (Fsp3) is 0.462. The lowest BCUT2D eigenvalue weighted by molar-refractivity contribution is 0.631. The first-order valence-corrected chi connectivity index (χ1v) is 6.97. The molecular formula is C13H17N3S. The summed E-state index contributed by atoms with van der Waals surface area (Å²) in [5.41, 5.74) is 2.51. The molecule has 2 heterocycles. The highest BCUT2D eigenvalue weighted by atomic mass is 32.1. The van der Waals surface area contributed by atoms with Gasteiger partial charge in [0.25, 0.3) is 0 Å². The van der Waals surface area contributed by atoms with Gasteiger partial charge in [0, 0.05) is 29.9 Å².